The number of nitrogens with one attached hydrogen (secondary N) is 1. The summed E-state index contributed by atoms with van der Waals surface area (Å²) in [6.45, 7) is 0. The molecule has 2 aromatic carbocycles. The summed E-state index contributed by atoms with van der Waals surface area (Å²) in [5.41, 5.74) is 5.72. The summed E-state index contributed by atoms with van der Waals surface area (Å²) in [5, 5.41) is 2.36. The monoisotopic (exact) mass is 326 g/mol. The number of hydrogen-bond donors (Lipinski definition) is 2. The molecule has 0 heterocycles. The molecule has 0 fully saturated rings. The lowest BCUT2D eigenvalue weighted by Gasteiger charge is -2.08. The van der Waals surface area contributed by atoms with Crippen LogP contribution in [-0.4, -0.2) is 5.91 Å². The highest BCUT2D eigenvalue weighted by molar-refractivity contribution is 9.10. The first-order chi connectivity index (χ1) is 8.99. The second-order valence-electron chi connectivity index (χ2n) is 3.79. The Labute approximate surface area is 116 Å². The molecule has 0 saturated carbocycles. The zero-order valence-electron chi connectivity index (χ0n) is 9.58. The highest BCUT2D eigenvalue weighted by Crippen LogP contribution is 2.23. The molecule has 2 rings (SSSR count). The summed E-state index contributed by atoms with van der Waals surface area (Å²) < 4.78 is 26.8. The van der Waals surface area contributed by atoms with Gasteiger partial charge in [-0.25, -0.2) is 8.78 Å². The van der Waals surface area contributed by atoms with Crippen LogP contribution in [0.4, 0.5) is 20.2 Å². The molecule has 2 aromatic rings. The van der Waals surface area contributed by atoms with Gasteiger partial charge in [0.2, 0.25) is 0 Å². The molecule has 3 N–H and O–H groups in total. The Hall–Kier alpha value is -1.95. The van der Waals surface area contributed by atoms with Gasteiger partial charge in [0.05, 0.1) is 15.7 Å². The SMILES string of the molecule is Nc1ccc(NC(=O)c2cccc(F)c2Br)c(F)c1. The second kappa shape index (κ2) is 5.36. The van der Waals surface area contributed by atoms with Gasteiger partial charge < -0.3 is 11.1 Å². The third-order valence-electron chi connectivity index (χ3n) is 2.44. The van der Waals surface area contributed by atoms with Crippen molar-refractivity contribution in [3.05, 3.63) is 58.1 Å². The van der Waals surface area contributed by atoms with Gasteiger partial charge in [0.25, 0.3) is 5.91 Å². The molecule has 3 nitrogen and oxygen atoms in total. The Morgan fingerprint density at radius 1 is 1.16 bits per heavy atom. The highest BCUT2D eigenvalue weighted by atomic mass is 79.9. The molecule has 0 radical (unpaired) electrons. The van der Waals surface area contributed by atoms with Crippen LogP contribution in [0, 0.1) is 11.6 Å². The summed E-state index contributed by atoms with van der Waals surface area (Å²) in [6, 6.07) is 7.93. The van der Waals surface area contributed by atoms with E-state index in [1.165, 1.54) is 30.3 Å². The fourth-order valence-electron chi connectivity index (χ4n) is 1.50. The molecule has 0 saturated heterocycles. The Bertz CT molecular complexity index is 647. The number of nitrogen functional groups attached to an aromatic ring is 1. The van der Waals surface area contributed by atoms with Crippen LogP contribution in [0.1, 0.15) is 10.4 Å². The summed E-state index contributed by atoms with van der Waals surface area (Å²) in [5.74, 6) is -1.83. The minimum atomic E-state index is -0.652. The average Bonchev–Trinajstić information content (AvgIpc) is 2.36. The number of hydrogen-bond acceptors (Lipinski definition) is 2. The largest absolute Gasteiger partial charge is 0.399 e. The minimum Gasteiger partial charge on any atom is -0.399 e. The van der Waals surface area contributed by atoms with Gasteiger partial charge >= 0.3 is 0 Å². The molecule has 0 spiro atoms. The summed E-state index contributed by atoms with van der Waals surface area (Å²) in [7, 11) is 0. The van der Waals surface area contributed by atoms with Crippen LogP contribution in [0.25, 0.3) is 0 Å². The smallest absolute Gasteiger partial charge is 0.256 e. The first-order valence-electron chi connectivity index (χ1n) is 5.29. The Morgan fingerprint density at radius 3 is 2.58 bits per heavy atom. The van der Waals surface area contributed by atoms with Crippen molar-refractivity contribution in [2.45, 2.75) is 0 Å². The van der Waals surface area contributed by atoms with E-state index in [1.54, 1.807) is 0 Å². The number of amides is 1. The molecule has 0 unspecified atom stereocenters. The molecule has 0 bridgehead atoms. The number of carbonyl (C=O) groups excluding carboxylic acids is 1. The summed E-state index contributed by atoms with van der Waals surface area (Å²) in [6.07, 6.45) is 0. The summed E-state index contributed by atoms with van der Waals surface area (Å²) in [4.78, 5) is 11.9. The molecule has 0 aliphatic heterocycles. The maximum absolute atomic E-state index is 13.5. The van der Waals surface area contributed by atoms with E-state index in [0.29, 0.717) is 0 Å². The topological polar surface area (TPSA) is 55.1 Å². The van der Waals surface area contributed by atoms with Crippen molar-refractivity contribution in [2.24, 2.45) is 0 Å². The Morgan fingerprint density at radius 2 is 1.89 bits per heavy atom. The van der Waals surface area contributed by atoms with Crippen molar-refractivity contribution in [2.75, 3.05) is 11.1 Å². The minimum absolute atomic E-state index is 0.0182. The van der Waals surface area contributed by atoms with Crippen LogP contribution >= 0.6 is 15.9 Å². The van der Waals surface area contributed by atoms with Crippen molar-refractivity contribution < 1.29 is 13.6 Å². The lowest BCUT2D eigenvalue weighted by molar-refractivity contribution is 0.102. The maximum atomic E-state index is 13.5. The van der Waals surface area contributed by atoms with Gasteiger partial charge in [-0.3, -0.25) is 4.79 Å². The van der Waals surface area contributed by atoms with E-state index in [2.05, 4.69) is 21.2 Å². The molecule has 0 aliphatic carbocycles. The molecular formula is C13H9BrF2N2O. The average molecular weight is 327 g/mol. The zero-order valence-corrected chi connectivity index (χ0v) is 11.2. The van der Waals surface area contributed by atoms with Gasteiger partial charge in [0.15, 0.2) is 0 Å². The van der Waals surface area contributed by atoms with Crippen LogP contribution < -0.4 is 11.1 Å². The highest BCUT2D eigenvalue weighted by Gasteiger charge is 2.14. The van der Waals surface area contributed by atoms with Crippen molar-refractivity contribution >= 4 is 33.2 Å². The molecule has 1 amide bonds. The van der Waals surface area contributed by atoms with E-state index in [4.69, 9.17) is 5.73 Å². The molecule has 98 valence electrons. The third-order valence-corrected chi connectivity index (χ3v) is 3.24. The van der Waals surface area contributed by atoms with E-state index in [-0.39, 0.29) is 21.4 Å². The molecule has 0 atom stereocenters. The predicted octanol–water partition coefficient (Wildman–Crippen LogP) is 3.56. The number of halogens is 3. The van der Waals surface area contributed by atoms with E-state index >= 15 is 0 Å². The molecule has 19 heavy (non-hydrogen) atoms. The molecular weight excluding hydrogens is 318 g/mol. The van der Waals surface area contributed by atoms with Gasteiger partial charge in [-0.2, -0.15) is 0 Å². The number of nitrogens with two attached hydrogens (primary N) is 1. The van der Waals surface area contributed by atoms with Gasteiger partial charge in [0, 0.05) is 5.69 Å². The van der Waals surface area contributed by atoms with Crippen molar-refractivity contribution in [3.63, 3.8) is 0 Å². The van der Waals surface area contributed by atoms with E-state index < -0.39 is 17.5 Å². The standard InChI is InChI=1S/C13H9BrF2N2O/c14-12-8(2-1-3-9(12)15)13(19)18-11-5-4-7(17)6-10(11)16/h1-6H,17H2,(H,18,19). The molecule has 0 aliphatic rings. The normalized spacial score (nSPS) is 10.3. The van der Waals surface area contributed by atoms with Crippen LogP contribution in [-0.2, 0) is 0 Å². The van der Waals surface area contributed by atoms with Gasteiger partial charge in [-0.15, -0.1) is 0 Å². The first-order valence-corrected chi connectivity index (χ1v) is 6.08. The van der Waals surface area contributed by atoms with Gasteiger partial charge in [-0.05, 0) is 46.3 Å². The van der Waals surface area contributed by atoms with E-state index in [0.717, 1.165) is 6.07 Å². The van der Waals surface area contributed by atoms with Crippen LogP contribution in [0.3, 0.4) is 0 Å². The lowest BCUT2D eigenvalue weighted by atomic mass is 10.2. The number of carbonyl (C=O) groups is 1. The number of anilines is 2. The van der Waals surface area contributed by atoms with Crippen molar-refractivity contribution in [1.82, 2.24) is 0 Å². The van der Waals surface area contributed by atoms with Gasteiger partial charge in [0.1, 0.15) is 11.6 Å². The first kappa shape index (κ1) is 13.5. The van der Waals surface area contributed by atoms with E-state index in [9.17, 15) is 13.6 Å². The fraction of sp³-hybridized carbons (Fsp3) is 0. The second-order valence-corrected chi connectivity index (χ2v) is 4.59. The number of rotatable bonds is 2. The lowest BCUT2D eigenvalue weighted by Crippen LogP contribution is -2.14. The molecule has 6 heteroatoms. The van der Waals surface area contributed by atoms with Crippen LogP contribution in [0.15, 0.2) is 40.9 Å². The molecule has 0 aromatic heterocycles. The van der Waals surface area contributed by atoms with Gasteiger partial charge in [-0.1, -0.05) is 6.07 Å². The summed E-state index contributed by atoms with van der Waals surface area (Å²) >= 11 is 2.97. The van der Waals surface area contributed by atoms with Crippen molar-refractivity contribution in [3.8, 4) is 0 Å². The van der Waals surface area contributed by atoms with Crippen LogP contribution in [0.2, 0.25) is 0 Å². The quantitative estimate of drug-likeness (QED) is 0.829. The zero-order chi connectivity index (χ0) is 14.0. The van der Waals surface area contributed by atoms with Crippen LogP contribution in [0.5, 0.6) is 0 Å². The Kier molecular flexibility index (Phi) is 3.80. The fourth-order valence-corrected chi connectivity index (χ4v) is 1.95. The third kappa shape index (κ3) is 2.90. The maximum Gasteiger partial charge on any atom is 0.256 e. The predicted molar refractivity (Wildman–Crippen MR) is 72.9 cm³/mol. The van der Waals surface area contributed by atoms with E-state index in [1.807, 2.05) is 0 Å². The van der Waals surface area contributed by atoms with Crippen molar-refractivity contribution in [1.29, 1.82) is 0 Å². The Balaban J connectivity index is 2.28. The number of benzene rings is 2.